The molecule has 1 atom stereocenters. The van der Waals surface area contributed by atoms with E-state index in [4.69, 9.17) is 36.9 Å². The SMILES string of the molecule is COc1ccc2c(c1)C(c1ccc(Cl)cc1)=N[C@@H](CC(=O)NCCN1CCOCC1)C(=N)N2C(C)=N. The summed E-state index contributed by atoms with van der Waals surface area (Å²) < 4.78 is 10.8. The molecule has 2 heterocycles. The minimum atomic E-state index is -0.780. The number of benzodiazepines with no additional fused rings is 1. The first-order chi connectivity index (χ1) is 17.4. The first kappa shape index (κ1) is 25.8. The molecule has 2 aliphatic heterocycles. The Balaban J connectivity index is 1.64. The summed E-state index contributed by atoms with van der Waals surface area (Å²) in [5.41, 5.74) is 2.75. The van der Waals surface area contributed by atoms with E-state index in [1.807, 2.05) is 24.3 Å². The molecule has 10 heteroatoms. The van der Waals surface area contributed by atoms with Gasteiger partial charge in [0.25, 0.3) is 0 Å². The summed E-state index contributed by atoms with van der Waals surface area (Å²) in [5.74, 6) is 0.671. The second kappa shape index (κ2) is 11.6. The van der Waals surface area contributed by atoms with E-state index in [9.17, 15) is 4.79 Å². The fourth-order valence-corrected chi connectivity index (χ4v) is 4.49. The monoisotopic (exact) mass is 510 g/mol. The zero-order valence-corrected chi connectivity index (χ0v) is 21.3. The number of morpholine rings is 1. The van der Waals surface area contributed by atoms with Crippen LogP contribution in [0.15, 0.2) is 47.5 Å². The third-order valence-corrected chi connectivity index (χ3v) is 6.48. The molecule has 2 aliphatic rings. The number of halogens is 1. The van der Waals surface area contributed by atoms with E-state index in [1.54, 1.807) is 32.2 Å². The molecule has 0 aliphatic carbocycles. The summed E-state index contributed by atoms with van der Waals surface area (Å²) in [5, 5.41) is 20.9. The highest BCUT2D eigenvalue weighted by molar-refractivity contribution is 6.31. The molecule has 0 bridgehead atoms. The minimum absolute atomic E-state index is 0.00601. The summed E-state index contributed by atoms with van der Waals surface area (Å²) in [4.78, 5) is 21.6. The Labute approximate surface area is 216 Å². The number of nitrogens with one attached hydrogen (secondary N) is 3. The lowest BCUT2D eigenvalue weighted by molar-refractivity contribution is -0.121. The number of hydrogen-bond donors (Lipinski definition) is 3. The summed E-state index contributed by atoms with van der Waals surface area (Å²) in [6.45, 7) is 6.00. The van der Waals surface area contributed by atoms with Crippen molar-refractivity contribution in [3.63, 3.8) is 0 Å². The number of carbonyl (C=O) groups excluding carboxylic acids is 1. The van der Waals surface area contributed by atoms with Crippen molar-refractivity contribution in [2.24, 2.45) is 4.99 Å². The van der Waals surface area contributed by atoms with Gasteiger partial charge in [0.05, 0.1) is 38.1 Å². The second-order valence-corrected chi connectivity index (χ2v) is 9.13. The summed E-state index contributed by atoms with van der Waals surface area (Å²) >= 11 is 6.13. The Morgan fingerprint density at radius 2 is 1.94 bits per heavy atom. The molecule has 0 saturated carbocycles. The van der Waals surface area contributed by atoms with E-state index in [-0.39, 0.29) is 24.0 Å². The van der Waals surface area contributed by atoms with Crippen molar-refractivity contribution in [2.75, 3.05) is 51.4 Å². The molecule has 0 unspecified atom stereocenters. The number of nitrogens with zero attached hydrogens (tertiary/aromatic N) is 3. The number of fused-ring (bicyclic) bond motifs is 1. The minimum Gasteiger partial charge on any atom is -0.497 e. The highest BCUT2D eigenvalue weighted by atomic mass is 35.5. The average molecular weight is 511 g/mol. The van der Waals surface area contributed by atoms with Crippen LogP contribution in [0.3, 0.4) is 0 Å². The molecule has 36 heavy (non-hydrogen) atoms. The quantitative estimate of drug-likeness (QED) is 0.391. The number of hydrogen-bond acceptors (Lipinski definition) is 7. The zero-order chi connectivity index (χ0) is 25.7. The molecular weight excluding hydrogens is 480 g/mol. The Morgan fingerprint density at radius 3 is 2.61 bits per heavy atom. The summed E-state index contributed by atoms with van der Waals surface area (Å²) in [7, 11) is 1.59. The van der Waals surface area contributed by atoms with Gasteiger partial charge in [-0.25, -0.2) is 0 Å². The van der Waals surface area contributed by atoms with E-state index in [2.05, 4.69) is 10.2 Å². The summed E-state index contributed by atoms with van der Waals surface area (Å²) in [6, 6.07) is 12.0. The van der Waals surface area contributed by atoms with E-state index in [0.29, 0.717) is 47.5 Å². The van der Waals surface area contributed by atoms with Crippen LogP contribution in [0.5, 0.6) is 5.75 Å². The van der Waals surface area contributed by atoms with Gasteiger partial charge < -0.3 is 14.8 Å². The van der Waals surface area contributed by atoms with E-state index in [0.717, 1.165) is 25.2 Å². The number of benzene rings is 2. The van der Waals surface area contributed by atoms with Gasteiger partial charge in [0, 0.05) is 42.3 Å². The normalized spacial score (nSPS) is 18.2. The van der Waals surface area contributed by atoms with Crippen molar-refractivity contribution in [1.29, 1.82) is 10.8 Å². The predicted molar refractivity (Wildman–Crippen MR) is 142 cm³/mol. The number of aliphatic imine (C=N–C) groups is 1. The van der Waals surface area contributed by atoms with Gasteiger partial charge in [0.15, 0.2) is 0 Å². The van der Waals surface area contributed by atoms with Gasteiger partial charge in [-0.3, -0.25) is 30.4 Å². The Morgan fingerprint density at radius 1 is 1.22 bits per heavy atom. The van der Waals surface area contributed by atoms with Gasteiger partial charge in [0.1, 0.15) is 23.5 Å². The zero-order valence-electron chi connectivity index (χ0n) is 20.5. The first-order valence-electron chi connectivity index (χ1n) is 11.9. The maximum Gasteiger partial charge on any atom is 0.222 e. The molecule has 9 nitrogen and oxygen atoms in total. The first-order valence-corrected chi connectivity index (χ1v) is 12.3. The highest BCUT2D eigenvalue weighted by Gasteiger charge is 2.32. The molecule has 1 amide bonds. The molecule has 2 aromatic rings. The van der Waals surface area contributed by atoms with Crippen molar-refractivity contribution in [3.05, 3.63) is 58.6 Å². The maximum absolute atomic E-state index is 12.9. The lowest BCUT2D eigenvalue weighted by Gasteiger charge is -2.27. The number of anilines is 1. The van der Waals surface area contributed by atoms with Gasteiger partial charge in [-0.05, 0) is 37.3 Å². The fourth-order valence-electron chi connectivity index (χ4n) is 4.36. The number of methoxy groups -OCH3 is 1. The van der Waals surface area contributed by atoms with Gasteiger partial charge in [-0.2, -0.15) is 0 Å². The van der Waals surface area contributed by atoms with Gasteiger partial charge >= 0.3 is 0 Å². The van der Waals surface area contributed by atoms with Gasteiger partial charge in [-0.15, -0.1) is 0 Å². The molecule has 1 saturated heterocycles. The van der Waals surface area contributed by atoms with Crippen molar-refractivity contribution in [2.45, 2.75) is 19.4 Å². The van der Waals surface area contributed by atoms with Crippen LogP contribution < -0.4 is 15.0 Å². The van der Waals surface area contributed by atoms with Crippen LogP contribution in [0.2, 0.25) is 5.02 Å². The van der Waals surface area contributed by atoms with Crippen LogP contribution in [0.25, 0.3) is 0 Å². The fraction of sp³-hybridized carbons (Fsp3) is 0.385. The van der Waals surface area contributed by atoms with Crippen LogP contribution >= 0.6 is 11.6 Å². The van der Waals surface area contributed by atoms with Crippen LogP contribution in [-0.2, 0) is 9.53 Å². The van der Waals surface area contributed by atoms with Crippen LogP contribution in [0.4, 0.5) is 5.69 Å². The Bertz CT molecular complexity index is 1160. The van der Waals surface area contributed by atoms with Crippen molar-refractivity contribution < 1.29 is 14.3 Å². The average Bonchev–Trinajstić information content (AvgIpc) is 2.99. The van der Waals surface area contributed by atoms with Crippen LogP contribution in [0.1, 0.15) is 24.5 Å². The summed E-state index contributed by atoms with van der Waals surface area (Å²) in [6.07, 6.45) is -0.00601. The standard InChI is InChI=1S/C26H31ClN6O3/c1-17(28)33-23-8-7-20(35-2)15-21(23)25(18-3-5-19(27)6-4-18)31-22(26(33)29)16-24(34)30-9-10-32-11-13-36-14-12-32/h3-8,15,22,28-29H,9-14,16H2,1-2H3,(H,30,34)/t22-/m0/s1. The van der Waals surface area contributed by atoms with Crippen molar-refractivity contribution in [3.8, 4) is 5.75 Å². The molecule has 4 rings (SSSR count). The smallest absolute Gasteiger partial charge is 0.222 e. The predicted octanol–water partition coefficient (Wildman–Crippen LogP) is 3.19. The second-order valence-electron chi connectivity index (χ2n) is 8.70. The molecule has 2 aromatic carbocycles. The Kier molecular flexibility index (Phi) is 8.35. The molecule has 0 radical (unpaired) electrons. The molecule has 0 aromatic heterocycles. The largest absolute Gasteiger partial charge is 0.497 e. The van der Waals surface area contributed by atoms with Crippen molar-refractivity contribution in [1.82, 2.24) is 10.2 Å². The number of amides is 1. The number of ether oxygens (including phenoxy) is 2. The maximum atomic E-state index is 12.9. The topological polar surface area (TPSA) is 114 Å². The Hall–Kier alpha value is -3.27. The number of amidine groups is 2. The van der Waals surface area contributed by atoms with Crippen LogP contribution in [-0.4, -0.2) is 80.7 Å². The van der Waals surface area contributed by atoms with Crippen LogP contribution in [0, 0.1) is 10.8 Å². The van der Waals surface area contributed by atoms with E-state index < -0.39 is 6.04 Å². The molecule has 0 spiro atoms. The molecule has 190 valence electrons. The van der Waals surface area contributed by atoms with E-state index >= 15 is 0 Å². The lowest BCUT2D eigenvalue weighted by atomic mass is 9.99. The highest BCUT2D eigenvalue weighted by Crippen LogP contribution is 2.33. The number of rotatable bonds is 7. The third kappa shape index (κ3) is 5.92. The van der Waals surface area contributed by atoms with Crippen molar-refractivity contribution >= 4 is 40.6 Å². The number of carbonyl (C=O) groups is 1. The molecule has 1 fully saturated rings. The lowest BCUT2D eigenvalue weighted by Crippen LogP contribution is -2.44. The molecule has 3 N–H and O–H groups in total. The van der Waals surface area contributed by atoms with E-state index in [1.165, 1.54) is 4.90 Å². The molecular formula is C26H31ClN6O3. The van der Waals surface area contributed by atoms with Gasteiger partial charge in [0.2, 0.25) is 5.91 Å². The third-order valence-electron chi connectivity index (χ3n) is 6.23. The van der Waals surface area contributed by atoms with Gasteiger partial charge in [-0.1, -0.05) is 23.7 Å².